The maximum absolute atomic E-state index is 12.3. The third kappa shape index (κ3) is 2.56. The Kier molecular flexibility index (Phi) is 4.02. The Labute approximate surface area is 109 Å². The molecule has 98 valence electrons. The van der Waals surface area contributed by atoms with Gasteiger partial charge in [-0.2, -0.15) is 0 Å². The molecule has 2 rings (SSSR count). The molecular weight excluding hydrogens is 224 g/mol. The monoisotopic (exact) mass is 246 g/mol. The molecule has 1 fully saturated rings. The zero-order chi connectivity index (χ0) is 13.1. The second kappa shape index (κ2) is 5.53. The number of rotatable bonds is 3. The first-order valence-electron chi connectivity index (χ1n) is 6.70. The molecule has 0 aromatic heterocycles. The molecule has 2 unspecified atom stereocenters. The molecule has 0 heterocycles. The minimum atomic E-state index is 0.0917. The van der Waals surface area contributed by atoms with Crippen LogP contribution in [0.3, 0.4) is 0 Å². The van der Waals surface area contributed by atoms with Crippen LogP contribution in [-0.2, 0) is 4.79 Å². The van der Waals surface area contributed by atoms with E-state index < -0.39 is 0 Å². The average molecular weight is 246 g/mol. The Bertz CT molecular complexity index is 422. The molecule has 0 spiro atoms. The Morgan fingerprint density at radius 2 is 2.00 bits per heavy atom. The van der Waals surface area contributed by atoms with Crippen LogP contribution < -0.4 is 11.1 Å². The predicted octanol–water partition coefficient (Wildman–Crippen LogP) is 2.62. The van der Waals surface area contributed by atoms with Crippen molar-refractivity contribution in [2.45, 2.75) is 33.1 Å². The van der Waals surface area contributed by atoms with Gasteiger partial charge >= 0.3 is 0 Å². The summed E-state index contributed by atoms with van der Waals surface area (Å²) < 4.78 is 0. The zero-order valence-electron chi connectivity index (χ0n) is 11.2. The molecule has 0 bridgehead atoms. The van der Waals surface area contributed by atoms with E-state index in [9.17, 15) is 4.79 Å². The topological polar surface area (TPSA) is 55.1 Å². The van der Waals surface area contributed by atoms with Crippen molar-refractivity contribution < 1.29 is 4.79 Å². The standard InChI is InChI=1S/C15H22N2O/c1-10-5-3-6-11(2)14(10)17-15(18)13-8-4-7-12(13)9-16/h3,5-6,12-13H,4,7-9,16H2,1-2H3,(H,17,18). The van der Waals surface area contributed by atoms with Gasteiger partial charge in [0.1, 0.15) is 0 Å². The fourth-order valence-corrected chi connectivity index (χ4v) is 2.89. The van der Waals surface area contributed by atoms with Gasteiger partial charge in [0, 0.05) is 11.6 Å². The van der Waals surface area contributed by atoms with Crippen molar-refractivity contribution >= 4 is 11.6 Å². The van der Waals surface area contributed by atoms with Gasteiger partial charge in [-0.05, 0) is 50.3 Å². The second-order valence-corrected chi connectivity index (χ2v) is 5.29. The molecule has 0 saturated heterocycles. The zero-order valence-corrected chi connectivity index (χ0v) is 11.2. The predicted molar refractivity (Wildman–Crippen MR) is 74.4 cm³/mol. The van der Waals surface area contributed by atoms with Crippen LogP contribution in [0.5, 0.6) is 0 Å². The molecule has 3 nitrogen and oxygen atoms in total. The van der Waals surface area contributed by atoms with E-state index in [1.165, 1.54) is 0 Å². The normalized spacial score (nSPS) is 23.1. The van der Waals surface area contributed by atoms with Crippen molar-refractivity contribution in [1.29, 1.82) is 0 Å². The van der Waals surface area contributed by atoms with Gasteiger partial charge in [0.05, 0.1) is 0 Å². The summed E-state index contributed by atoms with van der Waals surface area (Å²) in [4.78, 5) is 12.3. The van der Waals surface area contributed by atoms with E-state index in [1.54, 1.807) is 0 Å². The quantitative estimate of drug-likeness (QED) is 0.861. The first-order valence-corrected chi connectivity index (χ1v) is 6.70. The van der Waals surface area contributed by atoms with Gasteiger partial charge in [-0.3, -0.25) is 4.79 Å². The number of para-hydroxylation sites is 1. The van der Waals surface area contributed by atoms with Gasteiger partial charge in [0.25, 0.3) is 0 Å². The Balaban J connectivity index is 2.12. The van der Waals surface area contributed by atoms with Gasteiger partial charge < -0.3 is 11.1 Å². The molecule has 1 aromatic carbocycles. The maximum Gasteiger partial charge on any atom is 0.227 e. The second-order valence-electron chi connectivity index (χ2n) is 5.29. The lowest BCUT2D eigenvalue weighted by Crippen LogP contribution is -2.30. The number of hydrogen-bond acceptors (Lipinski definition) is 2. The summed E-state index contributed by atoms with van der Waals surface area (Å²) in [6.45, 7) is 4.67. The minimum absolute atomic E-state index is 0.0917. The Morgan fingerprint density at radius 3 is 2.61 bits per heavy atom. The maximum atomic E-state index is 12.3. The van der Waals surface area contributed by atoms with E-state index >= 15 is 0 Å². The van der Waals surface area contributed by atoms with E-state index in [0.29, 0.717) is 12.5 Å². The lowest BCUT2D eigenvalue weighted by molar-refractivity contribution is -0.120. The van der Waals surface area contributed by atoms with E-state index in [-0.39, 0.29) is 11.8 Å². The summed E-state index contributed by atoms with van der Waals surface area (Å²) in [7, 11) is 0. The van der Waals surface area contributed by atoms with Crippen LogP contribution in [0.25, 0.3) is 0 Å². The van der Waals surface area contributed by atoms with E-state index in [2.05, 4.69) is 5.32 Å². The lowest BCUT2D eigenvalue weighted by Gasteiger charge is -2.19. The van der Waals surface area contributed by atoms with Crippen molar-refractivity contribution in [2.75, 3.05) is 11.9 Å². The van der Waals surface area contributed by atoms with Gasteiger partial charge in [-0.25, -0.2) is 0 Å². The fourth-order valence-electron chi connectivity index (χ4n) is 2.89. The number of carbonyl (C=O) groups is 1. The minimum Gasteiger partial charge on any atom is -0.330 e. The highest BCUT2D eigenvalue weighted by atomic mass is 16.1. The summed E-state index contributed by atoms with van der Waals surface area (Å²) in [6.07, 6.45) is 3.17. The summed E-state index contributed by atoms with van der Waals surface area (Å²) in [5.74, 6) is 0.587. The van der Waals surface area contributed by atoms with Crippen LogP contribution in [0.1, 0.15) is 30.4 Å². The molecule has 1 aliphatic carbocycles. The summed E-state index contributed by atoms with van der Waals surface area (Å²) in [5.41, 5.74) is 8.93. The van der Waals surface area contributed by atoms with Crippen molar-refractivity contribution in [3.8, 4) is 0 Å². The number of anilines is 1. The number of amides is 1. The highest BCUT2D eigenvalue weighted by molar-refractivity contribution is 5.94. The molecule has 18 heavy (non-hydrogen) atoms. The van der Waals surface area contributed by atoms with Gasteiger partial charge in [-0.1, -0.05) is 24.6 Å². The van der Waals surface area contributed by atoms with Crippen LogP contribution in [0.15, 0.2) is 18.2 Å². The van der Waals surface area contributed by atoms with Crippen LogP contribution >= 0.6 is 0 Å². The van der Waals surface area contributed by atoms with E-state index in [0.717, 1.165) is 36.1 Å². The largest absolute Gasteiger partial charge is 0.330 e. The molecular formula is C15H22N2O. The third-order valence-electron chi connectivity index (χ3n) is 4.03. The molecule has 1 amide bonds. The van der Waals surface area contributed by atoms with Crippen LogP contribution in [-0.4, -0.2) is 12.5 Å². The van der Waals surface area contributed by atoms with Crippen LogP contribution in [0, 0.1) is 25.7 Å². The molecule has 1 saturated carbocycles. The van der Waals surface area contributed by atoms with E-state index in [1.807, 2.05) is 32.0 Å². The van der Waals surface area contributed by atoms with Crippen LogP contribution in [0.4, 0.5) is 5.69 Å². The number of nitrogens with one attached hydrogen (secondary N) is 1. The number of nitrogens with two attached hydrogens (primary N) is 1. The highest BCUT2D eigenvalue weighted by Gasteiger charge is 2.32. The summed E-state index contributed by atoms with van der Waals surface area (Å²) in [5, 5.41) is 3.09. The van der Waals surface area contributed by atoms with Gasteiger partial charge in [0.15, 0.2) is 0 Å². The molecule has 2 atom stereocenters. The smallest absolute Gasteiger partial charge is 0.227 e. The molecule has 3 N–H and O–H groups in total. The fraction of sp³-hybridized carbons (Fsp3) is 0.533. The Hall–Kier alpha value is -1.35. The van der Waals surface area contributed by atoms with Gasteiger partial charge in [0.2, 0.25) is 5.91 Å². The van der Waals surface area contributed by atoms with Crippen molar-refractivity contribution in [1.82, 2.24) is 0 Å². The highest BCUT2D eigenvalue weighted by Crippen LogP contribution is 2.32. The first kappa shape index (κ1) is 13.1. The lowest BCUT2D eigenvalue weighted by atomic mass is 9.95. The SMILES string of the molecule is Cc1cccc(C)c1NC(=O)C1CCCC1CN. The molecule has 1 aromatic rings. The summed E-state index contributed by atoms with van der Waals surface area (Å²) in [6, 6.07) is 6.06. The van der Waals surface area contributed by atoms with Crippen molar-refractivity contribution in [3.63, 3.8) is 0 Å². The number of hydrogen-bond donors (Lipinski definition) is 2. The molecule has 0 aliphatic heterocycles. The number of aryl methyl sites for hydroxylation is 2. The Morgan fingerprint density at radius 1 is 1.33 bits per heavy atom. The number of benzene rings is 1. The van der Waals surface area contributed by atoms with Gasteiger partial charge in [-0.15, -0.1) is 0 Å². The molecule has 1 aliphatic rings. The van der Waals surface area contributed by atoms with E-state index in [4.69, 9.17) is 5.73 Å². The summed E-state index contributed by atoms with van der Waals surface area (Å²) >= 11 is 0. The third-order valence-corrected chi connectivity index (χ3v) is 4.03. The molecule has 0 radical (unpaired) electrons. The van der Waals surface area contributed by atoms with Crippen molar-refractivity contribution in [3.05, 3.63) is 29.3 Å². The van der Waals surface area contributed by atoms with Crippen LogP contribution in [0.2, 0.25) is 0 Å². The molecule has 3 heteroatoms. The number of carbonyl (C=O) groups excluding carboxylic acids is 1. The average Bonchev–Trinajstić information content (AvgIpc) is 2.82. The first-order chi connectivity index (χ1) is 8.63. The van der Waals surface area contributed by atoms with Crippen molar-refractivity contribution in [2.24, 2.45) is 17.6 Å².